The number of morpholine rings is 1. The van der Waals surface area contributed by atoms with E-state index in [2.05, 4.69) is 38.8 Å². The number of nitrogens with one attached hydrogen (secondary N) is 1. The lowest BCUT2D eigenvalue weighted by atomic mass is 10.2. The molecule has 0 bridgehead atoms. The van der Waals surface area contributed by atoms with Crippen LogP contribution in [0.4, 0.5) is 0 Å². The van der Waals surface area contributed by atoms with Gasteiger partial charge in [0.2, 0.25) is 5.91 Å². The van der Waals surface area contributed by atoms with Gasteiger partial charge in [-0.25, -0.2) is 4.98 Å². The number of imidazole rings is 1. The second-order valence-corrected chi connectivity index (χ2v) is 5.39. The van der Waals surface area contributed by atoms with Crippen LogP contribution >= 0.6 is 0 Å². The van der Waals surface area contributed by atoms with Gasteiger partial charge < -0.3 is 14.5 Å². The molecule has 0 radical (unpaired) electrons. The quantitative estimate of drug-likeness (QED) is 0.898. The van der Waals surface area contributed by atoms with Crippen molar-refractivity contribution >= 4 is 11.6 Å². The van der Waals surface area contributed by atoms with Gasteiger partial charge >= 0.3 is 0 Å². The van der Waals surface area contributed by atoms with Crippen LogP contribution in [0.15, 0.2) is 24.5 Å². The van der Waals surface area contributed by atoms with Crippen molar-refractivity contribution in [1.82, 2.24) is 19.6 Å². The van der Waals surface area contributed by atoms with Crippen LogP contribution < -0.4 is 5.32 Å². The maximum absolute atomic E-state index is 11.7. The molecule has 21 heavy (non-hydrogen) atoms. The van der Waals surface area contributed by atoms with Gasteiger partial charge in [-0.3, -0.25) is 9.69 Å². The number of fused-ring (bicyclic) bond motifs is 1. The van der Waals surface area contributed by atoms with Crippen molar-refractivity contribution in [3.8, 4) is 0 Å². The summed E-state index contributed by atoms with van der Waals surface area (Å²) >= 11 is 0. The minimum absolute atomic E-state index is 0.0614. The summed E-state index contributed by atoms with van der Waals surface area (Å²) in [6.45, 7) is 4.85. The highest BCUT2D eigenvalue weighted by Crippen LogP contribution is 2.13. The number of amides is 1. The number of ether oxygens (including phenoxy) is 1. The zero-order chi connectivity index (χ0) is 14.8. The number of aryl methyl sites for hydroxylation is 1. The number of hydrogen-bond acceptors (Lipinski definition) is 4. The average molecular weight is 288 g/mol. The van der Waals surface area contributed by atoms with E-state index in [4.69, 9.17) is 4.74 Å². The van der Waals surface area contributed by atoms with Gasteiger partial charge in [0, 0.05) is 32.9 Å². The number of hydrogen-bond donors (Lipinski definition) is 1. The first-order valence-corrected chi connectivity index (χ1v) is 7.15. The summed E-state index contributed by atoms with van der Waals surface area (Å²) in [6, 6.07) is 4.08. The van der Waals surface area contributed by atoms with E-state index in [1.807, 2.05) is 12.3 Å². The number of likely N-dealkylation sites (N-methyl/N-ethyl adjacent to an activating group) is 1. The number of pyridine rings is 1. The largest absolute Gasteiger partial charge is 0.366 e. The third-order valence-corrected chi connectivity index (χ3v) is 3.81. The Hall–Kier alpha value is -1.92. The fraction of sp³-hybridized carbons (Fsp3) is 0.467. The van der Waals surface area contributed by atoms with E-state index in [9.17, 15) is 4.79 Å². The Morgan fingerprint density at radius 3 is 3.19 bits per heavy atom. The summed E-state index contributed by atoms with van der Waals surface area (Å²) in [5.41, 5.74) is 3.28. The molecule has 3 heterocycles. The molecule has 2 aromatic heterocycles. The molecule has 0 aliphatic carbocycles. The molecule has 1 fully saturated rings. The summed E-state index contributed by atoms with van der Waals surface area (Å²) in [5.74, 6) is -0.0614. The van der Waals surface area contributed by atoms with Crippen LogP contribution in [0.2, 0.25) is 0 Å². The lowest BCUT2D eigenvalue weighted by molar-refractivity contribution is -0.138. The topological polar surface area (TPSA) is 58.9 Å². The fourth-order valence-electron chi connectivity index (χ4n) is 2.65. The van der Waals surface area contributed by atoms with Gasteiger partial charge in [0.25, 0.3) is 0 Å². The van der Waals surface area contributed by atoms with Crippen molar-refractivity contribution in [2.24, 2.45) is 0 Å². The van der Waals surface area contributed by atoms with E-state index < -0.39 is 0 Å². The second-order valence-electron chi connectivity index (χ2n) is 5.39. The first-order valence-electron chi connectivity index (χ1n) is 7.15. The summed E-state index contributed by atoms with van der Waals surface area (Å²) in [7, 11) is 1.64. The summed E-state index contributed by atoms with van der Waals surface area (Å²) < 4.78 is 7.62. The van der Waals surface area contributed by atoms with Gasteiger partial charge in [-0.05, 0) is 18.6 Å². The van der Waals surface area contributed by atoms with Crippen molar-refractivity contribution in [3.05, 3.63) is 35.8 Å². The zero-order valence-electron chi connectivity index (χ0n) is 12.4. The molecule has 1 saturated heterocycles. The zero-order valence-corrected chi connectivity index (χ0v) is 12.4. The molecule has 1 atom stereocenters. The summed E-state index contributed by atoms with van der Waals surface area (Å²) in [4.78, 5) is 18.3. The monoisotopic (exact) mass is 288 g/mol. The predicted molar refractivity (Wildman–Crippen MR) is 79.0 cm³/mol. The molecule has 1 aliphatic rings. The Morgan fingerprint density at radius 1 is 1.52 bits per heavy atom. The van der Waals surface area contributed by atoms with E-state index >= 15 is 0 Å². The van der Waals surface area contributed by atoms with Crippen molar-refractivity contribution in [3.63, 3.8) is 0 Å². The lowest BCUT2D eigenvalue weighted by Gasteiger charge is -2.31. The summed E-state index contributed by atoms with van der Waals surface area (Å²) in [6.07, 6.45) is 3.61. The van der Waals surface area contributed by atoms with Gasteiger partial charge in [-0.2, -0.15) is 0 Å². The Kier molecular flexibility index (Phi) is 3.90. The Labute approximate surface area is 123 Å². The highest BCUT2D eigenvalue weighted by molar-refractivity contribution is 5.80. The molecule has 0 spiro atoms. The average Bonchev–Trinajstić information content (AvgIpc) is 2.89. The van der Waals surface area contributed by atoms with Crippen molar-refractivity contribution in [2.45, 2.75) is 19.6 Å². The normalized spacial score (nSPS) is 19.8. The fourth-order valence-corrected chi connectivity index (χ4v) is 2.65. The van der Waals surface area contributed by atoms with Crippen LogP contribution in [0.1, 0.15) is 11.3 Å². The van der Waals surface area contributed by atoms with Crippen LogP contribution in [-0.2, 0) is 16.1 Å². The SMILES string of the molecule is CNC(=O)[C@H]1CN(Cc2cnc3ccc(C)cn23)CCO1. The lowest BCUT2D eigenvalue weighted by Crippen LogP contribution is -2.48. The van der Waals surface area contributed by atoms with Gasteiger partial charge in [0.15, 0.2) is 0 Å². The third-order valence-electron chi connectivity index (χ3n) is 3.81. The van der Waals surface area contributed by atoms with Crippen molar-refractivity contribution < 1.29 is 9.53 Å². The van der Waals surface area contributed by atoms with Gasteiger partial charge in [0.1, 0.15) is 11.8 Å². The van der Waals surface area contributed by atoms with E-state index in [1.165, 1.54) is 5.56 Å². The van der Waals surface area contributed by atoms with Crippen LogP contribution in [0.5, 0.6) is 0 Å². The van der Waals surface area contributed by atoms with Gasteiger partial charge in [0.05, 0.1) is 18.5 Å². The number of aromatic nitrogens is 2. The molecule has 6 nitrogen and oxygen atoms in total. The van der Waals surface area contributed by atoms with E-state index in [0.29, 0.717) is 13.2 Å². The highest BCUT2D eigenvalue weighted by atomic mass is 16.5. The molecule has 0 unspecified atom stereocenters. The Bertz CT molecular complexity index is 652. The molecule has 112 valence electrons. The minimum atomic E-state index is -0.385. The molecule has 1 aliphatic heterocycles. The molecule has 1 N–H and O–H groups in total. The van der Waals surface area contributed by atoms with E-state index in [-0.39, 0.29) is 12.0 Å². The number of rotatable bonds is 3. The van der Waals surface area contributed by atoms with E-state index in [0.717, 1.165) is 24.4 Å². The Morgan fingerprint density at radius 2 is 2.38 bits per heavy atom. The van der Waals surface area contributed by atoms with Crippen molar-refractivity contribution in [1.29, 1.82) is 0 Å². The van der Waals surface area contributed by atoms with Crippen LogP contribution in [-0.4, -0.2) is 53.0 Å². The smallest absolute Gasteiger partial charge is 0.250 e. The molecule has 0 saturated carbocycles. The molecule has 2 aromatic rings. The number of carbonyl (C=O) groups excluding carboxylic acids is 1. The van der Waals surface area contributed by atoms with Crippen molar-refractivity contribution in [2.75, 3.05) is 26.7 Å². The first-order chi connectivity index (χ1) is 10.2. The third kappa shape index (κ3) is 2.91. The summed E-state index contributed by atoms with van der Waals surface area (Å²) in [5, 5.41) is 2.64. The predicted octanol–water partition coefficient (Wildman–Crippen LogP) is 0.590. The van der Waals surface area contributed by atoms with Gasteiger partial charge in [-0.15, -0.1) is 0 Å². The van der Waals surface area contributed by atoms with E-state index in [1.54, 1.807) is 7.05 Å². The maximum Gasteiger partial charge on any atom is 0.250 e. The first kappa shape index (κ1) is 14.0. The van der Waals surface area contributed by atoms with Crippen LogP contribution in [0.25, 0.3) is 5.65 Å². The molecule has 6 heteroatoms. The molecule has 1 amide bonds. The number of nitrogens with zero attached hydrogens (tertiary/aromatic N) is 3. The minimum Gasteiger partial charge on any atom is -0.366 e. The van der Waals surface area contributed by atoms with Gasteiger partial charge in [-0.1, -0.05) is 6.07 Å². The molecule has 0 aromatic carbocycles. The standard InChI is InChI=1S/C15H20N4O2/c1-11-3-4-14-17-7-12(19(14)8-11)9-18-5-6-21-13(10-18)15(20)16-2/h3-4,7-8,13H,5-6,9-10H2,1-2H3,(H,16,20)/t13-/m1/s1. The molecule has 3 rings (SSSR count). The highest BCUT2D eigenvalue weighted by Gasteiger charge is 2.26. The molecular formula is C15H20N4O2. The second kappa shape index (κ2) is 5.83. The number of carbonyl (C=O) groups is 1. The van der Waals surface area contributed by atoms with Crippen LogP contribution in [0.3, 0.4) is 0 Å². The van der Waals surface area contributed by atoms with Crippen LogP contribution in [0, 0.1) is 6.92 Å². The Balaban J connectivity index is 1.75. The maximum atomic E-state index is 11.7. The molecular weight excluding hydrogens is 268 g/mol.